The fourth-order valence-electron chi connectivity index (χ4n) is 4.07. The van der Waals surface area contributed by atoms with Crippen LogP contribution in [0.25, 0.3) is 0 Å². The van der Waals surface area contributed by atoms with Crippen LogP contribution in [-0.2, 0) is 26.1 Å². The second-order valence-electron chi connectivity index (χ2n) is 8.25. The van der Waals surface area contributed by atoms with E-state index in [0.29, 0.717) is 21.9 Å². The average molecular weight is 539 g/mol. The Labute approximate surface area is 220 Å². The van der Waals surface area contributed by atoms with Crippen LogP contribution < -0.4 is 9.64 Å². The zero-order valence-electron chi connectivity index (χ0n) is 20.6. The molecule has 8 nitrogen and oxygen atoms in total. The minimum absolute atomic E-state index is 0.0123. The number of esters is 1. The van der Waals surface area contributed by atoms with Crippen LogP contribution in [0.5, 0.6) is 5.75 Å². The Kier molecular flexibility index (Phi) is 7.97. The first kappa shape index (κ1) is 26.4. The number of thiophene rings is 1. The van der Waals surface area contributed by atoms with Crippen LogP contribution in [0.4, 0.5) is 5.69 Å². The van der Waals surface area contributed by atoms with Crippen molar-refractivity contribution < 1.29 is 27.5 Å². The number of rotatable bonds is 6. The second-order valence-corrected chi connectivity index (χ2v) is 11.1. The molecule has 1 atom stereocenters. The summed E-state index contributed by atoms with van der Waals surface area (Å²) in [7, 11) is -2.97. The minimum Gasteiger partial charge on any atom is -0.481 e. The molecule has 1 aliphatic heterocycles. The number of ether oxygens (including phenoxy) is 2. The molecule has 0 radical (unpaired) electrons. The van der Waals surface area contributed by atoms with Crippen LogP contribution in [0.15, 0.2) is 64.9 Å². The zero-order chi connectivity index (χ0) is 26.6. The Hall–Kier alpha value is -3.65. The average Bonchev–Trinajstić information content (AvgIpc) is 3.25. The smallest absolute Gasteiger partial charge is 0.326 e. The summed E-state index contributed by atoms with van der Waals surface area (Å²) >= 11 is 1.30. The summed E-state index contributed by atoms with van der Waals surface area (Å²) in [4.78, 5) is 28.6. The van der Waals surface area contributed by atoms with Gasteiger partial charge < -0.3 is 14.4 Å². The fraction of sp³-hybridized carbons (Fsp3) is 0.259. The summed E-state index contributed by atoms with van der Waals surface area (Å²) in [5, 5.41) is 1.82. The molecule has 0 aliphatic carbocycles. The highest BCUT2D eigenvalue weighted by molar-refractivity contribution is 7.89. The van der Waals surface area contributed by atoms with Gasteiger partial charge >= 0.3 is 5.97 Å². The number of methoxy groups -OCH3 is 1. The van der Waals surface area contributed by atoms with Gasteiger partial charge in [-0.1, -0.05) is 24.1 Å². The van der Waals surface area contributed by atoms with Gasteiger partial charge in [0.1, 0.15) is 18.4 Å². The maximum absolute atomic E-state index is 13.9. The number of amides is 1. The van der Waals surface area contributed by atoms with Gasteiger partial charge in [-0.25, -0.2) is 8.42 Å². The third-order valence-electron chi connectivity index (χ3n) is 6.00. The van der Waals surface area contributed by atoms with Crippen LogP contribution in [0.1, 0.15) is 27.7 Å². The SMILES string of the molecule is CC#CCOc1ccc(S(=O)(=O)N2Cc3ccccc3N(C(=O)c3sccc3C)CC2C(=O)OC)cc1. The molecule has 1 aliphatic rings. The fourth-order valence-corrected chi connectivity index (χ4v) is 6.49. The number of para-hydroxylation sites is 1. The predicted molar refractivity (Wildman–Crippen MR) is 141 cm³/mol. The Balaban J connectivity index is 1.76. The number of nitrogens with zero attached hydrogens (tertiary/aromatic N) is 2. The summed E-state index contributed by atoms with van der Waals surface area (Å²) in [5.41, 5.74) is 1.95. The third kappa shape index (κ3) is 5.39. The van der Waals surface area contributed by atoms with Crippen molar-refractivity contribution in [3.8, 4) is 17.6 Å². The lowest BCUT2D eigenvalue weighted by Crippen LogP contribution is -2.50. The molecule has 0 saturated heterocycles. The predicted octanol–water partition coefficient (Wildman–Crippen LogP) is 3.85. The van der Waals surface area contributed by atoms with E-state index in [1.807, 2.05) is 18.4 Å². The molecule has 0 saturated carbocycles. The highest BCUT2D eigenvalue weighted by atomic mass is 32.2. The van der Waals surface area contributed by atoms with Crippen molar-refractivity contribution >= 4 is 38.9 Å². The monoisotopic (exact) mass is 538 g/mol. The number of hydrogen-bond acceptors (Lipinski definition) is 7. The van der Waals surface area contributed by atoms with E-state index in [1.165, 1.54) is 35.5 Å². The standard InChI is InChI=1S/C27H26N2O6S2/c1-4-5-15-35-21-10-12-22(13-11-21)37(32,33)29-17-20-8-6-7-9-23(20)28(18-24(29)27(31)34-3)26(30)25-19(2)14-16-36-25/h6-14,16,24H,15,17-18H2,1-3H3. The molecule has 4 rings (SSSR count). The van der Waals surface area contributed by atoms with Crippen molar-refractivity contribution in [3.05, 3.63) is 76.0 Å². The van der Waals surface area contributed by atoms with Crippen molar-refractivity contribution in [3.63, 3.8) is 0 Å². The van der Waals surface area contributed by atoms with E-state index in [9.17, 15) is 18.0 Å². The van der Waals surface area contributed by atoms with Crippen molar-refractivity contribution in [2.75, 3.05) is 25.2 Å². The molecule has 3 aromatic rings. The van der Waals surface area contributed by atoms with Crippen molar-refractivity contribution in [1.82, 2.24) is 4.31 Å². The topological polar surface area (TPSA) is 93.2 Å². The maximum atomic E-state index is 13.9. The molecule has 1 amide bonds. The molecule has 192 valence electrons. The Bertz CT molecular complexity index is 1470. The summed E-state index contributed by atoms with van der Waals surface area (Å²) in [6.45, 7) is 3.41. The Morgan fingerprint density at radius 1 is 1.11 bits per heavy atom. The first-order valence-electron chi connectivity index (χ1n) is 11.4. The van der Waals surface area contributed by atoms with E-state index >= 15 is 0 Å². The lowest BCUT2D eigenvalue weighted by molar-refractivity contribution is -0.144. The first-order chi connectivity index (χ1) is 17.8. The van der Waals surface area contributed by atoms with E-state index in [-0.39, 0.29) is 30.5 Å². The quantitative estimate of drug-likeness (QED) is 0.350. The van der Waals surface area contributed by atoms with E-state index in [0.717, 1.165) is 9.87 Å². The molecular weight excluding hydrogens is 512 g/mol. The Morgan fingerprint density at radius 3 is 2.49 bits per heavy atom. The van der Waals surface area contributed by atoms with Crippen LogP contribution in [-0.4, -0.2) is 50.9 Å². The van der Waals surface area contributed by atoms with Crippen molar-refractivity contribution in [2.24, 2.45) is 0 Å². The summed E-state index contributed by atoms with van der Waals surface area (Å²) in [6.07, 6.45) is 0. The highest BCUT2D eigenvalue weighted by Gasteiger charge is 2.42. The molecule has 2 aromatic carbocycles. The van der Waals surface area contributed by atoms with Gasteiger partial charge in [-0.15, -0.1) is 17.3 Å². The highest BCUT2D eigenvalue weighted by Crippen LogP contribution is 2.33. The van der Waals surface area contributed by atoms with Gasteiger partial charge in [-0.2, -0.15) is 4.31 Å². The number of anilines is 1. The second kappa shape index (κ2) is 11.2. The molecule has 10 heteroatoms. The van der Waals surface area contributed by atoms with E-state index in [1.54, 1.807) is 43.3 Å². The van der Waals surface area contributed by atoms with E-state index in [2.05, 4.69) is 11.8 Å². The van der Waals surface area contributed by atoms with Crippen molar-refractivity contribution in [2.45, 2.75) is 31.3 Å². The van der Waals surface area contributed by atoms with E-state index in [4.69, 9.17) is 9.47 Å². The number of hydrogen-bond donors (Lipinski definition) is 0. The van der Waals surface area contributed by atoms with Gasteiger partial charge in [-0.3, -0.25) is 9.59 Å². The summed E-state index contributed by atoms with van der Waals surface area (Å²) < 4.78 is 39.3. The largest absolute Gasteiger partial charge is 0.481 e. The maximum Gasteiger partial charge on any atom is 0.326 e. The number of aryl methyl sites for hydroxylation is 1. The molecule has 0 spiro atoms. The first-order valence-corrected chi connectivity index (χ1v) is 13.8. The number of carbonyl (C=O) groups is 2. The molecule has 1 unspecified atom stereocenters. The number of carbonyl (C=O) groups excluding carboxylic acids is 2. The van der Waals surface area contributed by atoms with E-state index < -0.39 is 22.0 Å². The van der Waals surface area contributed by atoms with Crippen molar-refractivity contribution in [1.29, 1.82) is 0 Å². The number of benzene rings is 2. The summed E-state index contributed by atoms with van der Waals surface area (Å²) in [6, 6.07) is 13.6. The van der Waals surface area contributed by atoms with Gasteiger partial charge in [0, 0.05) is 12.2 Å². The lowest BCUT2D eigenvalue weighted by atomic mass is 10.1. The zero-order valence-corrected chi connectivity index (χ0v) is 22.3. The van der Waals surface area contributed by atoms with Crippen LogP contribution in [0, 0.1) is 18.8 Å². The molecule has 37 heavy (non-hydrogen) atoms. The van der Waals surface area contributed by atoms with Crippen LogP contribution in [0.3, 0.4) is 0 Å². The van der Waals surface area contributed by atoms with Crippen LogP contribution >= 0.6 is 11.3 Å². The normalized spacial score (nSPS) is 15.6. The van der Waals surface area contributed by atoms with Gasteiger partial charge in [0.15, 0.2) is 0 Å². The lowest BCUT2D eigenvalue weighted by Gasteiger charge is -2.29. The van der Waals surface area contributed by atoms with Gasteiger partial charge in [0.2, 0.25) is 10.0 Å². The molecular formula is C27H26N2O6S2. The molecule has 0 fully saturated rings. The Morgan fingerprint density at radius 2 is 1.84 bits per heavy atom. The van der Waals surface area contributed by atoms with Gasteiger partial charge in [-0.05, 0) is 66.8 Å². The third-order valence-corrected chi connectivity index (χ3v) is 8.88. The van der Waals surface area contributed by atoms with Gasteiger partial charge in [0.25, 0.3) is 5.91 Å². The molecule has 0 bridgehead atoms. The molecule has 1 aromatic heterocycles. The summed E-state index contributed by atoms with van der Waals surface area (Å²) in [5.74, 6) is 4.92. The molecule has 0 N–H and O–H groups in total. The minimum atomic E-state index is -4.17. The van der Waals surface area contributed by atoms with Gasteiger partial charge in [0.05, 0.1) is 23.4 Å². The number of sulfonamides is 1. The number of fused-ring (bicyclic) bond motifs is 1. The van der Waals surface area contributed by atoms with Crippen LogP contribution in [0.2, 0.25) is 0 Å². The molecule has 2 heterocycles.